The largest absolute Gasteiger partial charge is 0.477 e. The molecule has 0 aliphatic rings. The Morgan fingerprint density at radius 2 is 2.12 bits per heavy atom. The SMILES string of the molecule is CC(=O)N/C(=C\c1ccc(F)c(Br)c1)C(=O)O. The van der Waals surface area contributed by atoms with Gasteiger partial charge in [0.1, 0.15) is 11.5 Å². The zero-order valence-corrected chi connectivity index (χ0v) is 10.4. The quantitative estimate of drug-likeness (QED) is 0.841. The van der Waals surface area contributed by atoms with Crippen LogP contribution in [0.15, 0.2) is 28.4 Å². The Hall–Kier alpha value is -1.69. The second kappa shape index (κ2) is 5.58. The summed E-state index contributed by atoms with van der Waals surface area (Å²) in [6.45, 7) is 1.21. The van der Waals surface area contributed by atoms with E-state index in [1.807, 2.05) is 0 Å². The summed E-state index contributed by atoms with van der Waals surface area (Å²) in [7, 11) is 0. The van der Waals surface area contributed by atoms with Crippen LogP contribution in [0.5, 0.6) is 0 Å². The molecule has 1 aromatic carbocycles. The van der Waals surface area contributed by atoms with Gasteiger partial charge in [-0.25, -0.2) is 9.18 Å². The lowest BCUT2D eigenvalue weighted by Gasteiger charge is -2.03. The predicted octanol–water partition coefficient (Wildman–Crippen LogP) is 2.15. The highest BCUT2D eigenvalue weighted by Gasteiger charge is 2.09. The van der Waals surface area contributed by atoms with E-state index in [1.54, 1.807) is 0 Å². The van der Waals surface area contributed by atoms with Crippen LogP contribution in [0.4, 0.5) is 4.39 Å². The molecule has 4 nitrogen and oxygen atoms in total. The molecule has 0 fully saturated rings. The zero-order chi connectivity index (χ0) is 13.0. The summed E-state index contributed by atoms with van der Waals surface area (Å²) in [6.07, 6.45) is 1.24. The summed E-state index contributed by atoms with van der Waals surface area (Å²) in [5.41, 5.74) is 0.195. The number of carboxylic acid groups (broad SMARTS) is 1. The standard InChI is InChI=1S/C11H9BrFNO3/c1-6(15)14-10(11(16)17)5-7-2-3-9(13)8(12)4-7/h2-5H,1H3,(H,14,15)(H,16,17)/b10-5-. The maximum atomic E-state index is 13.0. The summed E-state index contributed by atoms with van der Waals surface area (Å²) in [5, 5.41) is 11.0. The Morgan fingerprint density at radius 3 is 2.59 bits per heavy atom. The molecule has 6 heteroatoms. The fourth-order valence-electron chi connectivity index (χ4n) is 1.11. The minimum atomic E-state index is -1.26. The number of benzene rings is 1. The van der Waals surface area contributed by atoms with E-state index in [4.69, 9.17) is 5.11 Å². The van der Waals surface area contributed by atoms with Crippen molar-refractivity contribution in [3.05, 3.63) is 39.7 Å². The molecule has 0 bridgehead atoms. The van der Waals surface area contributed by atoms with Crippen LogP contribution in [0.25, 0.3) is 6.08 Å². The fraction of sp³-hybridized carbons (Fsp3) is 0.0909. The molecule has 0 unspecified atom stereocenters. The Labute approximate surface area is 105 Å². The van der Waals surface area contributed by atoms with Gasteiger partial charge in [-0.1, -0.05) is 6.07 Å². The van der Waals surface area contributed by atoms with Crippen LogP contribution < -0.4 is 5.32 Å². The molecule has 0 heterocycles. The zero-order valence-electron chi connectivity index (χ0n) is 8.83. The van der Waals surface area contributed by atoms with Gasteiger partial charge in [-0.2, -0.15) is 0 Å². The maximum absolute atomic E-state index is 13.0. The van der Waals surface area contributed by atoms with E-state index in [9.17, 15) is 14.0 Å². The van der Waals surface area contributed by atoms with E-state index in [0.29, 0.717) is 5.56 Å². The molecule has 0 aliphatic heterocycles. The lowest BCUT2D eigenvalue weighted by Crippen LogP contribution is -2.24. The van der Waals surface area contributed by atoms with Crippen molar-refractivity contribution in [2.75, 3.05) is 0 Å². The van der Waals surface area contributed by atoms with Crippen molar-refractivity contribution in [2.45, 2.75) is 6.92 Å². The van der Waals surface area contributed by atoms with E-state index in [2.05, 4.69) is 21.2 Å². The monoisotopic (exact) mass is 301 g/mol. The molecule has 17 heavy (non-hydrogen) atoms. The minimum Gasteiger partial charge on any atom is -0.477 e. The summed E-state index contributed by atoms with van der Waals surface area (Å²) in [5.74, 6) is -2.20. The first-order valence-electron chi connectivity index (χ1n) is 4.58. The highest BCUT2D eigenvalue weighted by molar-refractivity contribution is 9.10. The van der Waals surface area contributed by atoms with Gasteiger partial charge >= 0.3 is 5.97 Å². The number of carboxylic acids is 1. The molecule has 90 valence electrons. The topological polar surface area (TPSA) is 66.4 Å². The summed E-state index contributed by atoms with van der Waals surface area (Å²) in [4.78, 5) is 21.6. The van der Waals surface area contributed by atoms with Crippen LogP contribution in [0, 0.1) is 5.82 Å². The van der Waals surface area contributed by atoms with Gasteiger partial charge < -0.3 is 10.4 Å². The normalized spacial score (nSPS) is 11.1. The Kier molecular flexibility index (Phi) is 4.39. The first kappa shape index (κ1) is 13.4. The van der Waals surface area contributed by atoms with Gasteiger partial charge in [0.05, 0.1) is 4.47 Å². The Morgan fingerprint density at radius 1 is 1.47 bits per heavy atom. The van der Waals surface area contributed by atoms with Crippen LogP contribution in [0.2, 0.25) is 0 Å². The molecule has 0 saturated heterocycles. The average molecular weight is 302 g/mol. The molecule has 0 spiro atoms. The molecule has 1 aromatic rings. The fourth-order valence-corrected chi connectivity index (χ4v) is 1.51. The molecule has 0 radical (unpaired) electrons. The van der Waals surface area contributed by atoms with Crippen LogP contribution >= 0.6 is 15.9 Å². The van der Waals surface area contributed by atoms with E-state index in [0.717, 1.165) is 0 Å². The first-order valence-corrected chi connectivity index (χ1v) is 5.37. The highest BCUT2D eigenvalue weighted by Crippen LogP contribution is 2.18. The first-order chi connectivity index (χ1) is 7.90. The summed E-state index contributed by atoms with van der Waals surface area (Å²) >= 11 is 2.98. The van der Waals surface area contributed by atoms with E-state index < -0.39 is 17.7 Å². The number of rotatable bonds is 3. The number of amides is 1. The van der Waals surface area contributed by atoms with Crippen LogP contribution in [-0.2, 0) is 9.59 Å². The second-order valence-corrected chi connectivity index (χ2v) is 4.07. The number of hydrogen-bond acceptors (Lipinski definition) is 2. The number of carbonyl (C=O) groups excluding carboxylic acids is 1. The van der Waals surface area contributed by atoms with Gasteiger partial charge in [0.2, 0.25) is 5.91 Å². The van der Waals surface area contributed by atoms with E-state index in [1.165, 1.54) is 31.2 Å². The summed E-state index contributed by atoms with van der Waals surface area (Å²) < 4.78 is 13.2. The van der Waals surface area contributed by atoms with Crippen LogP contribution in [0.1, 0.15) is 12.5 Å². The number of nitrogens with one attached hydrogen (secondary N) is 1. The van der Waals surface area contributed by atoms with Crippen molar-refractivity contribution < 1.29 is 19.1 Å². The average Bonchev–Trinajstić information content (AvgIpc) is 2.21. The van der Waals surface area contributed by atoms with Crippen molar-refractivity contribution in [3.63, 3.8) is 0 Å². The third-order valence-electron chi connectivity index (χ3n) is 1.80. The Balaban J connectivity index is 3.08. The smallest absolute Gasteiger partial charge is 0.352 e. The third-order valence-corrected chi connectivity index (χ3v) is 2.40. The van der Waals surface area contributed by atoms with Gasteiger partial charge in [-0.3, -0.25) is 4.79 Å². The van der Waals surface area contributed by atoms with Gasteiger partial charge in [0.25, 0.3) is 0 Å². The van der Waals surface area contributed by atoms with Gasteiger partial charge in [-0.05, 0) is 39.7 Å². The van der Waals surface area contributed by atoms with Gasteiger partial charge in [0, 0.05) is 6.92 Å². The van der Waals surface area contributed by atoms with Crippen molar-refractivity contribution in [1.29, 1.82) is 0 Å². The van der Waals surface area contributed by atoms with Crippen molar-refractivity contribution in [2.24, 2.45) is 0 Å². The molecular weight excluding hydrogens is 293 g/mol. The van der Waals surface area contributed by atoms with Crippen LogP contribution in [0.3, 0.4) is 0 Å². The van der Waals surface area contributed by atoms with Crippen molar-refractivity contribution in [3.8, 4) is 0 Å². The van der Waals surface area contributed by atoms with Gasteiger partial charge in [0.15, 0.2) is 0 Å². The molecule has 1 rings (SSSR count). The number of carbonyl (C=O) groups is 2. The lowest BCUT2D eigenvalue weighted by atomic mass is 10.2. The number of aliphatic carboxylic acids is 1. The number of halogens is 2. The summed E-state index contributed by atoms with van der Waals surface area (Å²) in [6, 6.07) is 4.02. The molecular formula is C11H9BrFNO3. The number of hydrogen-bond donors (Lipinski definition) is 2. The van der Waals surface area contributed by atoms with Crippen molar-refractivity contribution in [1.82, 2.24) is 5.32 Å². The third kappa shape index (κ3) is 3.99. The maximum Gasteiger partial charge on any atom is 0.352 e. The molecule has 0 atom stereocenters. The molecule has 0 saturated carbocycles. The van der Waals surface area contributed by atoms with E-state index in [-0.39, 0.29) is 10.2 Å². The molecule has 0 aliphatic carbocycles. The van der Waals surface area contributed by atoms with Gasteiger partial charge in [-0.15, -0.1) is 0 Å². The van der Waals surface area contributed by atoms with Crippen molar-refractivity contribution >= 4 is 33.9 Å². The van der Waals surface area contributed by atoms with Crippen LogP contribution in [-0.4, -0.2) is 17.0 Å². The molecule has 0 aromatic heterocycles. The lowest BCUT2D eigenvalue weighted by molar-refractivity contribution is -0.134. The molecule has 2 N–H and O–H groups in total. The van der Waals surface area contributed by atoms with E-state index >= 15 is 0 Å². The Bertz CT molecular complexity index is 499. The minimum absolute atomic E-state index is 0.221. The predicted molar refractivity (Wildman–Crippen MR) is 63.5 cm³/mol. The second-order valence-electron chi connectivity index (χ2n) is 3.22. The molecule has 1 amide bonds. The highest BCUT2D eigenvalue weighted by atomic mass is 79.9.